The summed E-state index contributed by atoms with van der Waals surface area (Å²) in [7, 11) is 5.53. The molecular formula is C27H40N8O2. The molecule has 1 aromatic carbocycles. The number of pyridine rings is 1. The van der Waals surface area contributed by atoms with Gasteiger partial charge in [0.25, 0.3) is 5.91 Å². The van der Waals surface area contributed by atoms with Gasteiger partial charge >= 0.3 is 0 Å². The molecule has 0 bridgehead atoms. The predicted octanol–water partition coefficient (Wildman–Crippen LogP) is 1.97. The molecule has 0 saturated carbocycles. The fourth-order valence-corrected chi connectivity index (χ4v) is 3.73. The Kier molecular flexibility index (Phi) is 11.9. The van der Waals surface area contributed by atoms with Crippen LogP contribution in [-0.2, 0) is 16.1 Å². The van der Waals surface area contributed by atoms with Crippen LogP contribution in [0.3, 0.4) is 0 Å². The molecule has 0 fully saturated rings. The third kappa shape index (κ3) is 9.07. The zero-order valence-electron chi connectivity index (χ0n) is 22.7. The highest BCUT2D eigenvalue weighted by atomic mass is 16.2. The van der Waals surface area contributed by atoms with Crippen LogP contribution < -0.4 is 16.0 Å². The van der Waals surface area contributed by atoms with Crippen LogP contribution in [0.5, 0.6) is 0 Å². The number of likely N-dealkylation sites (N-methyl/N-ethyl adjacent to an activating group) is 2. The second-order valence-electron chi connectivity index (χ2n) is 9.03. The molecular weight excluding hydrogens is 468 g/mol. The number of benzene rings is 1. The molecule has 0 aliphatic heterocycles. The van der Waals surface area contributed by atoms with Crippen LogP contribution in [0, 0.1) is 6.92 Å². The maximum absolute atomic E-state index is 12.6. The van der Waals surface area contributed by atoms with Crippen molar-refractivity contribution in [2.75, 3.05) is 58.9 Å². The van der Waals surface area contributed by atoms with Crippen LogP contribution in [0.25, 0.3) is 10.9 Å². The van der Waals surface area contributed by atoms with Crippen molar-refractivity contribution in [1.29, 1.82) is 0 Å². The van der Waals surface area contributed by atoms with Crippen LogP contribution in [0.15, 0.2) is 46.5 Å². The number of fused-ring (bicyclic) bond motifs is 1. The summed E-state index contributed by atoms with van der Waals surface area (Å²) in [6.07, 6.45) is 3.77. The average Bonchev–Trinajstić information content (AvgIpc) is 2.87. The Bertz CT molecular complexity index is 1140. The standard InChI is InChI=1S/C27H40N8O2/c1-7-13-35(18-24(36)33(4)5)15-14-34(6)26-23(16-22-10-8-9-20(2)25(22)32-26)17-31-27(37)21(3)30-12-11-29-19-28/h8-12,16H,3,7,13-15,17-19,28H2,1-2,4-6H3,(H,31,37). The number of aliphatic imine (C=N–C) groups is 2. The van der Waals surface area contributed by atoms with E-state index >= 15 is 0 Å². The number of nitrogens with one attached hydrogen (secondary N) is 1. The van der Waals surface area contributed by atoms with E-state index in [-0.39, 0.29) is 30.7 Å². The first kappa shape index (κ1) is 29.6. The van der Waals surface area contributed by atoms with Gasteiger partial charge in [0.2, 0.25) is 5.91 Å². The first-order valence-electron chi connectivity index (χ1n) is 12.4. The van der Waals surface area contributed by atoms with E-state index in [2.05, 4.69) is 44.7 Å². The summed E-state index contributed by atoms with van der Waals surface area (Å²) in [4.78, 5) is 43.5. The van der Waals surface area contributed by atoms with Gasteiger partial charge < -0.3 is 20.9 Å². The zero-order valence-corrected chi connectivity index (χ0v) is 22.7. The van der Waals surface area contributed by atoms with E-state index < -0.39 is 0 Å². The smallest absolute Gasteiger partial charge is 0.269 e. The lowest BCUT2D eigenvalue weighted by atomic mass is 10.1. The van der Waals surface area contributed by atoms with Gasteiger partial charge in [0.1, 0.15) is 11.5 Å². The summed E-state index contributed by atoms with van der Waals surface area (Å²) in [6.45, 7) is 10.9. The van der Waals surface area contributed by atoms with E-state index in [4.69, 9.17) is 10.7 Å². The predicted molar refractivity (Wildman–Crippen MR) is 152 cm³/mol. The lowest BCUT2D eigenvalue weighted by molar-refractivity contribution is -0.129. The van der Waals surface area contributed by atoms with Crippen LogP contribution in [-0.4, -0.2) is 93.0 Å². The second kappa shape index (κ2) is 14.8. The normalized spacial score (nSPS) is 11.5. The second-order valence-corrected chi connectivity index (χ2v) is 9.03. The zero-order chi connectivity index (χ0) is 27.4. The Balaban J connectivity index is 2.23. The highest BCUT2D eigenvalue weighted by molar-refractivity contribution is 6.17. The van der Waals surface area contributed by atoms with Crippen LogP contribution >= 0.6 is 0 Å². The lowest BCUT2D eigenvalue weighted by Crippen LogP contribution is -2.41. The van der Waals surface area contributed by atoms with Gasteiger partial charge in [-0.15, -0.1) is 0 Å². The maximum Gasteiger partial charge on any atom is 0.269 e. The third-order valence-corrected chi connectivity index (χ3v) is 5.82. The van der Waals surface area contributed by atoms with Crippen molar-refractivity contribution >= 4 is 41.0 Å². The molecule has 1 heterocycles. The van der Waals surface area contributed by atoms with E-state index in [0.29, 0.717) is 19.6 Å². The molecule has 37 heavy (non-hydrogen) atoms. The first-order chi connectivity index (χ1) is 17.7. The molecule has 3 N–H and O–H groups in total. The summed E-state index contributed by atoms with van der Waals surface area (Å²) in [5.74, 6) is 0.476. The quantitative estimate of drug-likeness (QED) is 0.297. The number of aromatic nitrogens is 1. The fraction of sp³-hybridized carbons (Fsp3) is 0.444. The molecule has 0 saturated heterocycles. The van der Waals surface area contributed by atoms with Crippen LogP contribution in [0.2, 0.25) is 0 Å². The third-order valence-electron chi connectivity index (χ3n) is 5.82. The van der Waals surface area contributed by atoms with Gasteiger partial charge in [-0.3, -0.25) is 24.5 Å². The highest BCUT2D eigenvalue weighted by Crippen LogP contribution is 2.25. The minimum Gasteiger partial charge on any atom is -0.358 e. The number of amides is 2. The minimum atomic E-state index is -0.383. The molecule has 10 heteroatoms. The van der Waals surface area contributed by atoms with Crippen molar-refractivity contribution in [3.63, 3.8) is 0 Å². The van der Waals surface area contributed by atoms with Crippen molar-refractivity contribution in [2.24, 2.45) is 15.7 Å². The average molecular weight is 509 g/mol. The largest absolute Gasteiger partial charge is 0.358 e. The summed E-state index contributed by atoms with van der Waals surface area (Å²) < 4.78 is 0. The number of nitrogens with zero attached hydrogens (tertiary/aromatic N) is 6. The van der Waals surface area contributed by atoms with Crippen molar-refractivity contribution < 1.29 is 9.59 Å². The fourth-order valence-electron chi connectivity index (χ4n) is 3.73. The molecule has 0 aliphatic carbocycles. The summed E-state index contributed by atoms with van der Waals surface area (Å²) in [5.41, 5.74) is 8.24. The molecule has 2 amide bonds. The van der Waals surface area contributed by atoms with Gasteiger partial charge in [0, 0.05) is 64.2 Å². The Morgan fingerprint density at radius 2 is 1.92 bits per heavy atom. The molecule has 0 unspecified atom stereocenters. The Labute approximate surface area is 219 Å². The molecule has 10 nitrogen and oxygen atoms in total. The number of nitrogens with two attached hydrogens (primary N) is 1. The minimum absolute atomic E-state index is 0.0729. The van der Waals surface area contributed by atoms with Gasteiger partial charge in [-0.05, 0) is 31.5 Å². The Morgan fingerprint density at radius 1 is 1.16 bits per heavy atom. The molecule has 2 aromatic rings. The molecule has 0 atom stereocenters. The number of carbonyl (C=O) groups is 2. The Hall–Kier alpha value is -3.63. The molecule has 0 aliphatic rings. The summed E-state index contributed by atoms with van der Waals surface area (Å²) in [6, 6.07) is 8.10. The maximum atomic E-state index is 12.6. The van der Waals surface area contributed by atoms with Gasteiger partial charge in [0.05, 0.1) is 18.7 Å². The Morgan fingerprint density at radius 3 is 2.59 bits per heavy atom. The van der Waals surface area contributed by atoms with E-state index in [1.54, 1.807) is 19.0 Å². The lowest BCUT2D eigenvalue weighted by Gasteiger charge is -2.27. The first-order valence-corrected chi connectivity index (χ1v) is 12.4. The summed E-state index contributed by atoms with van der Waals surface area (Å²) in [5, 5.41) is 3.89. The topological polar surface area (TPSA) is 120 Å². The van der Waals surface area contributed by atoms with E-state index in [1.165, 1.54) is 12.4 Å². The molecule has 200 valence electrons. The highest BCUT2D eigenvalue weighted by Gasteiger charge is 2.17. The number of carbonyl (C=O) groups excluding carboxylic acids is 2. The van der Waals surface area contributed by atoms with Gasteiger partial charge in [-0.25, -0.2) is 4.98 Å². The number of aryl methyl sites for hydroxylation is 1. The van der Waals surface area contributed by atoms with Gasteiger partial charge in [-0.2, -0.15) is 0 Å². The van der Waals surface area contributed by atoms with Crippen LogP contribution in [0.1, 0.15) is 24.5 Å². The molecule has 0 radical (unpaired) electrons. The van der Waals surface area contributed by atoms with Gasteiger partial charge in [-0.1, -0.05) is 31.7 Å². The van der Waals surface area contributed by atoms with Crippen molar-refractivity contribution in [3.8, 4) is 0 Å². The SMILES string of the molecule is C=C(N=CC=NCN)C(=O)NCc1cc2cccc(C)c2nc1N(C)CCN(CCC)CC(=O)N(C)C. The van der Waals surface area contributed by atoms with E-state index in [0.717, 1.165) is 40.8 Å². The number of rotatable bonds is 14. The van der Waals surface area contributed by atoms with Crippen molar-refractivity contribution in [3.05, 3.63) is 47.7 Å². The van der Waals surface area contributed by atoms with E-state index in [1.807, 2.05) is 32.2 Å². The molecule has 0 spiro atoms. The number of hydrogen-bond donors (Lipinski definition) is 2. The number of para-hydroxylation sites is 1. The molecule has 2 rings (SSSR count). The van der Waals surface area contributed by atoms with Crippen molar-refractivity contribution in [2.45, 2.75) is 26.8 Å². The van der Waals surface area contributed by atoms with Crippen LogP contribution in [0.4, 0.5) is 5.82 Å². The van der Waals surface area contributed by atoms with Crippen molar-refractivity contribution in [1.82, 2.24) is 20.1 Å². The monoisotopic (exact) mass is 508 g/mol. The number of hydrogen-bond acceptors (Lipinski definition) is 8. The van der Waals surface area contributed by atoms with E-state index in [9.17, 15) is 9.59 Å². The molecule has 1 aromatic heterocycles. The number of anilines is 1. The summed E-state index contributed by atoms with van der Waals surface area (Å²) >= 11 is 0. The van der Waals surface area contributed by atoms with Gasteiger partial charge in [0.15, 0.2) is 0 Å².